The monoisotopic (exact) mass is 292 g/mol. The average molecular weight is 292 g/mol. The van der Waals surface area contributed by atoms with E-state index >= 15 is 0 Å². The van der Waals surface area contributed by atoms with Gasteiger partial charge in [-0.05, 0) is 12.1 Å². The molecule has 0 bridgehead atoms. The summed E-state index contributed by atoms with van der Waals surface area (Å²) in [6.45, 7) is 0. The quantitative estimate of drug-likeness (QED) is 0.784. The first-order chi connectivity index (χ1) is 9.98. The average Bonchev–Trinajstić information content (AvgIpc) is 2.47. The minimum atomic E-state index is -3.74. The summed E-state index contributed by atoms with van der Waals surface area (Å²) < 4.78 is 41.2. The zero-order valence-corrected chi connectivity index (χ0v) is 10.3. The number of fused-ring (bicyclic) bond motifs is 1. The van der Waals surface area contributed by atoms with Crippen LogP contribution in [0.3, 0.4) is 0 Å². The predicted octanol–water partition coefficient (Wildman–Crippen LogP) is 1.99. The topological polar surface area (TPSA) is 71.5 Å². The highest BCUT2D eigenvalue weighted by molar-refractivity contribution is 5.77. The fourth-order valence-electron chi connectivity index (χ4n) is 1.82. The van der Waals surface area contributed by atoms with Crippen LogP contribution in [0.25, 0.3) is 10.9 Å². The molecule has 0 amide bonds. The summed E-state index contributed by atoms with van der Waals surface area (Å²) in [7, 11) is 0. The Kier molecular flexibility index (Phi) is 2.93. The molecule has 0 atom stereocenters. The van der Waals surface area contributed by atoms with E-state index in [0.29, 0.717) is 12.4 Å². The summed E-state index contributed by atoms with van der Waals surface area (Å²) in [6.07, 6.45) is 1.24. The van der Waals surface area contributed by atoms with Gasteiger partial charge in [0.1, 0.15) is 0 Å². The standard InChI is InChI=1S/C13H7F3N4O/c14-7-5-17-11(18-6-7)13(15,16)12-19-9-4-2-1-3-8(9)10(21)20-12/h1-6H,(H,19,20,21). The molecule has 3 rings (SSSR count). The molecule has 0 saturated carbocycles. The number of aromatic amines is 1. The Morgan fingerprint density at radius 1 is 1.10 bits per heavy atom. The van der Waals surface area contributed by atoms with E-state index in [1.807, 2.05) is 4.98 Å². The van der Waals surface area contributed by atoms with Crippen LogP contribution >= 0.6 is 0 Å². The van der Waals surface area contributed by atoms with E-state index < -0.39 is 28.9 Å². The minimum Gasteiger partial charge on any atom is -0.304 e. The van der Waals surface area contributed by atoms with E-state index in [0.717, 1.165) is 0 Å². The van der Waals surface area contributed by atoms with Gasteiger partial charge in [0.15, 0.2) is 11.6 Å². The van der Waals surface area contributed by atoms with Gasteiger partial charge >= 0.3 is 5.92 Å². The Morgan fingerprint density at radius 3 is 2.48 bits per heavy atom. The van der Waals surface area contributed by atoms with Crippen molar-refractivity contribution in [3.8, 4) is 0 Å². The van der Waals surface area contributed by atoms with Crippen LogP contribution < -0.4 is 5.56 Å². The second-order valence-electron chi connectivity index (χ2n) is 4.23. The van der Waals surface area contributed by atoms with Crippen LogP contribution in [0.1, 0.15) is 11.6 Å². The first-order valence-electron chi connectivity index (χ1n) is 5.84. The third-order valence-corrected chi connectivity index (χ3v) is 2.81. The molecular weight excluding hydrogens is 285 g/mol. The summed E-state index contributed by atoms with van der Waals surface area (Å²) in [5.74, 6) is -6.41. The highest BCUT2D eigenvalue weighted by atomic mass is 19.3. The summed E-state index contributed by atoms with van der Waals surface area (Å²) in [6, 6.07) is 6.08. The van der Waals surface area contributed by atoms with Gasteiger partial charge in [-0.3, -0.25) is 4.79 Å². The van der Waals surface area contributed by atoms with Crippen molar-refractivity contribution in [1.82, 2.24) is 19.9 Å². The second kappa shape index (κ2) is 4.65. The Balaban J connectivity index is 2.18. The maximum Gasteiger partial charge on any atom is 0.363 e. The number of halogens is 3. The fraction of sp³-hybridized carbons (Fsp3) is 0.0769. The van der Waals surface area contributed by atoms with Crippen molar-refractivity contribution >= 4 is 10.9 Å². The van der Waals surface area contributed by atoms with Crippen LogP contribution in [0, 0.1) is 5.82 Å². The maximum atomic E-state index is 14.2. The normalized spacial score (nSPS) is 11.8. The van der Waals surface area contributed by atoms with Crippen molar-refractivity contribution in [3.63, 3.8) is 0 Å². The van der Waals surface area contributed by atoms with Gasteiger partial charge in [-0.1, -0.05) is 12.1 Å². The molecule has 3 aromatic rings. The lowest BCUT2D eigenvalue weighted by atomic mass is 10.2. The summed E-state index contributed by atoms with van der Waals surface area (Å²) >= 11 is 0. The van der Waals surface area contributed by atoms with Crippen molar-refractivity contribution in [2.24, 2.45) is 0 Å². The second-order valence-corrected chi connectivity index (χ2v) is 4.23. The number of H-pyrrole nitrogens is 1. The molecule has 0 aliphatic carbocycles. The number of benzene rings is 1. The number of nitrogens with zero attached hydrogens (tertiary/aromatic N) is 3. The van der Waals surface area contributed by atoms with E-state index in [4.69, 9.17) is 0 Å². The van der Waals surface area contributed by atoms with Crippen LogP contribution in [-0.4, -0.2) is 19.9 Å². The molecule has 2 heterocycles. The molecule has 2 aromatic heterocycles. The molecule has 0 spiro atoms. The highest BCUT2D eigenvalue weighted by Gasteiger charge is 2.40. The summed E-state index contributed by atoms with van der Waals surface area (Å²) in [5, 5.41) is 0.192. The highest BCUT2D eigenvalue weighted by Crippen LogP contribution is 2.30. The number of hydrogen-bond acceptors (Lipinski definition) is 4. The SMILES string of the molecule is O=c1[nH]c(C(F)(F)c2ncc(F)cn2)nc2ccccc12. The van der Waals surface area contributed by atoms with E-state index in [2.05, 4.69) is 15.0 Å². The lowest BCUT2D eigenvalue weighted by molar-refractivity contribution is 0.0229. The molecule has 1 N–H and O–H groups in total. The minimum absolute atomic E-state index is 0.123. The van der Waals surface area contributed by atoms with Gasteiger partial charge in [0.2, 0.25) is 5.82 Å². The van der Waals surface area contributed by atoms with Gasteiger partial charge in [0.05, 0.1) is 23.3 Å². The van der Waals surface area contributed by atoms with Gasteiger partial charge in [-0.15, -0.1) is 0 Å². The maximum absolute atomic E-state index is 14.2. The zero-order chi connectivity index (χ0) is 15.0. The van der Waals surface area contributed by atoms with Crippen molar-refractivity contribution in [2.75, 3.05) is 0 Å². The van der Waals surface area contributed by atoms with Gasteiger partial charge in [-0.25, -0.2) is 19.3 Å². The first-order valence-corrected chi connectivity index (χ1v) is 5.84. The molecule has 21 heavy (non-hydrogen) atoms. The van der Waals surface area contributed by atoms with Crippen LogP contribution in [0.15, 0.2) is 41.5 Å². The smallest absolute Gasteiger partial charge is 0.304 e. The molecule has 0 unspecified atom stereocenters. The van der Waals surface area contributed by atoms with E-state index in [1.165, 1.54) is 12.1 Å². The fourth-order valence-corrected chi connectivity index (χ4v) is 1.82. The Hall–Kier alpha value is -2.77. The molecule has 106 valence electrons. The largest absolute Gasteiger partial charge is 0.363 e. The van der Waals surface area contributed by atoms with Gasteiger partial charge in [0, 0.05) is 0 Å². The van der Waals surface area contributed by atoms with Crippen molar-refractivity contribution in [3.05, 3.63) is 64.5 Å². The van der Waals surface area contributed by atoms with Gasteiger partial charge in [-0.2, -0.15) is 8.78 Å². The Morgan fingerprint density at radius 2 is 1.76 bits per heavy atom. The van der Waals surface area contributed by atoms with E-state index in [9.17, 15) is 18.0 Å². The number of rotatable bonds is 2. The molecule has 1 aromatic carbocycles. The predicted molar refractivity (Wildman–Crippen MR) is 67.3 cm³/mol. The summed E-state index contributed by atoms with van der Waals surface area (Å²) in [4.78, 5) is 24.0. The molecule has 5 nitrogen and oxygen atoms in total. The number of aromatic nitrogens is 4. The molecule has 0 saturated heterocycles. The van der Waals surface area contributed by atoms with Gasteiger partial charge in [0.25, 0.3) is 5.56 Å². The van der Waals surface area contributed by atoms with Crippen molar-refractivity contribution in [1.29, 1.82) is 0 Å². The van der Waals surface area contributed by atoms with E-state index in [1.54, 1.807) is 12.1 Å². The molecular formula is C13H7F3N4O. The number of nitrogens with one attached hydrogen (secondary N) is 1. The molecule has 0 fully saturated rings. The molecule has 0 radical (unpaired) electrons. The zero-order valence-electron chi connectivity index (χ0n) is 10.3. The number of alkyl halides is 2. The van der Waals surface area contributed by atoms with Crippen LogP contribution in [0.2, 0.25) is 0 Å². The van der Waals surface area contributed by atoms with Gasteiger partial charge < -0.3 is 4.98 Å². The lowest BCUT2D eigenvalue weighted by Crippen LogP contribution is -2.26. The van der Waals surface area contributed by atoms with Crippen LogP contribution in [0.4, 0.5) is 13.2 Å². The van der Waals surface area contributed by atoms with Crippen LogP contribution in [-0.2, 0) is 5.92 Å². The van der Waals surface area contributed by atoms with Crippen LogP contribution in [0.5, 0.6) is 0 Å². The summed E-state index contributed by atoms with van der Waals surface area (Å²) in [5.41, 5.74) is -0.574. The third-order valence-electron chi connectivity index (χ3n) is 2.81. The van der Waals surface area contributed by atoms with Crippen molar-refractivity contribution in [2.45, 2.75) is 5.92 Å². The van der Waals surface area contributed by atoms with Crippen molar-refractivity contribution < 1.29 is 13.2 Å². The number of hydrogen-bond donors (Lipinski definition) is 1. The molecule has 8 heteroatoms. The third kappa shape index (κ3) is 2.24. The number of para-hydroxylation sites is 1. The Bertz CT molecular complexity index is 861. The molecule has 0 aliphatic heterocycles. The molecule has 0 aliphatic rings. The first kappa shape index (κ1) is 13.2. The van der Waals surface area contributed by atoms with E-state index in [-0.39, 0.29) is 10.9 Å². The Labute approximate surface area is 115 Å². The lowest BCUT2D eigenvalue weighted by Gasteiger charge is -2.13.